The molecule has 0 fully saturated rings. The van der Waals surface area contributed by atoms with Gasteiger partial charge >= 0.3 is 0 Å². The third kappa shape index (κ3) is 4.87. The molecule has 21 heavy (non-hydrogen) atoms. The molecule has 0 amide bonds. The van der Waals surface area contributed by atoms with Crippen LogP contribution in [0.25, 0.3) is 11.0 Å². The number of furan rings is 1. The molecular formula is C18H27NO2. The number of hydrogen-bond acceptors (Lipinski definition) is 3. The van der Waals surface area contributed by atoms with Gasteiger partial charge in [-0.05, 0) is 37.4 Å². The lowest BCUT2D eigenvalue weighted by molar-refractivity contribution is 0.0971. The van der Waals surface area contributed by atoms with Gasteiger partial charge in [-0.15, -0.1) is 0 Å². The number of rotatable bonds is 9. The van der Waals surface area contributed by atoms with Crippen molar-refractivity contribution in [3.8, 4) is 0 Å². The molecule has 0 bridgehead atoms. The molecule has 3 heteroatoms. The number of fused-ring (bicyclic) bond motifs is 1. The van der Waals surface area contributed by atoms with Crippen LogP contribution in [-0.4, -0.2) is 19.8 Å². The van der Waals surface area contributed by atoms with Gasteiger partial charge in [0, 0.05) is 12.0 Å². The van der Waals surface area contributed by atoms with Gasteiger partial charge in [0.05, 0.1) is 12.6 Å². The van der Waals surface area contributed by atoms with Crippen LogP contribution >= 0.6 is 0 Å². The minimum absolute atomic E-state index is 0.129. The number of nitrogens with one attached hydrogen (secondary N) is 1. The van der Waals surface area contributed by atoms with Gasteiger partial charge in [0.2, 0.25) is 0 Å². The summed E-state index contributed by atoms with van der Waals surface area (Å²) in [6.07, 6.45) is 2.20. The van der Waals surface area contributed by atoms with E-state index in [9.17, 15) is 0 Å². The summed E-state index contributed by atoms with van der Waals surface area (Å²) in [4.78, 5) is 0. The maximum absolute atomic E-state index is 5.96. The highest BCUT2D eigenvalue weighted by molar-refractivity contribution is 5.77. The summed E-state index contributed by atoms with van der Waals surface area (Å²) >= 11 is 0. The van der Waals surface area contributed by atoms with Crippen LogP contribution in [0.2, 0.25) is 0 Å². The van der Waals surface area contributed by atoms with E-state index in [1.54, 1.807) is 0 Å². The van der Waals surface area contributed by atoms with E-state index in [4.69, 9.17) is 9.15 Å². The Hall–Kier alpha value is -1.32. The third-order valence-corrected chi connectivity index (χ3v) is 3.55. The van der Waals surface area contributed by atoms with E-state index in [2.05, 4.69) is 38.2 Å². The average molecular weight is 289 g/mol. The zero-order valence-electron chi connectivity index (χ0n) is 13.4. The van der Waals surface area contributed by atoms with Crippen molar-refractivity contribution >= 4 is 11.0 Å². The van der Waals surface area contributed by atoms with Crippen molar-refractivity contribution in [3.63, 3.8) is 0 Å². The Morgan fingerprint density at radius 2 is 2.05 bits per heavy atom. The summed E-state index contributed by atoms with van der Waals surface area (Å²) in [5, 5.41) is 4.67. The molecule has 0 saturated carbocycles. The van der Waals surface area contributed by atoms with Crippen molar-refractivity contribution in [3.05, 3.63) is 36.1 Å². The molecule has 0 saturated heterocycles. The minimum Gasteiger partial charge on any atom is -0.459 e. The predicted octanol–water partition coefficient (Wildman–Crippen LogP) is 4.54. The second-order valence-electron chi connectivity index (χ2n) is 5.95. The Morgan fingerprint density at radius 1 is 1.24 bits per heavy atom. The van der Waals surface area contributed by atoms with Crippen LogP contribution in [0, 0.1) is 5.92 Å². The lowest BCUT2D eigenvalue weighted by Gasteiger charge is -2.16. The van der Waals surface area contributed by atoms with Crippen LogP contribution in [-0.2, 0) is 4.74 Å². The Balaban J connectivity index is 2.00. The van der Waals surface area contributed by atoms with Crippen molar-refractivity contribution in [1.29, 1.82) is 0 Å². The standard InChI is InChI=1S/C18H27NO2/c1-4-10-19-16(13-20-11-9-14(2)3)18-12-15-7-5-6-8-17(15)21-18/h5-8,12,14,16,19H,4,9-11,13H2,1-3H3. The fourth-order valence-corrected chi connectivity index (χ4v) is 2.25. The second-order valence-corrected chi connectivity index (χ2v) is 5.95. The average Bonchev–Trinajstić information content (AvgIpc) is 2.90. The normalized spacial score (nSPS) is 13.1. The fourth-order valence-electron chi connectivity index (χ4n) is 2.25. The van der Waals surface area contributed by atoms with Gasteiger partial charge in [-0.25, -0.2) is 0 Å². The molecule has 0 radical (unpaired) electrons. The topological polar surface area (TPSA) is 34.4 Å². The Bertz CT molecular complexity index is 500. The smallest absolute Gasteiger partial charge is 0.134 e. The van der Waals surface area contributed by atoms with Gasteiger partial charge in [0.25, 0.3) is 0 Å². The summed E-state index contributed by atoms with van der Waals surface area (Å²) < 4.78 is 11.8. The van der Waals surface area contributed by atoms with Crippen LogP contribution in [0.4, 0.5) is 0 Å². The molecule has 1 heterocycles. The van der Waals surface area contributed by atoms with Crippen molar-refractivity contribution in [2.45, 2.75) is 39.7 Å². The molecule has 0 spiro atoms. The van der Waals surface area contributed by atoms with Gasteiger partial charge in [0.15, 0.2) is 0 Å². The highest BCUT2D eigenvalue weighted by Gasteiger charge is 2.16. The van der Waals surface area contributed by atoms with Gasteiger partial charge in [-0.1, -0.05) is 39.0 Å². The molecule has 1 atom stereocenters. The van der Waals surface area contributed by atoms with Crippen molar-refractivity contribution < 1.29 is 9.15 Å². The van der Waals surface area contributed by atoms with E-state index in [0.717, 1.165) is 42.7 Å². The van der Waals surface area contributed by atoms with E-state index in [-0.39, 0.29) is 6.04 Å². The van der Waals surface area contributed by atoms with Gasteiger partial charge in [-0.2, -0.15) is 0 Å². The summed E-state index contributed by atoms with van der Waals surface area (Å²) in [5.41, 5.74) is 0.943. The zero-order chi connectivity index (χ0) is 15.1. The van der Waals surface area contributed by atoms with Crippen LogP contribution in [0.3, 0.4) is 0 Å². The molecule has 1 unspecified atom stereocenters. The molecule has 116 valence electrons. The van der Waals surface area contributed by atoms with E-state index in [1.807, 2.05) is 18.2 Å². The van der Waals surface area contributed by atoms with Crippen LogP contribution in [0.15, 0.2) is 34.7 Å². The third-order valence-electron chi connectivity index (χ3n) is 3.55. The molecule has 1 aromatic carbocycles. The molecule has 0 aliphatic rings. The molecule has 0 aliphatic carbocycles. The summed E-state index contributed by atoms with van der Waals surface area (Å²) in [6.45, 7) is 9.04. The van der Waals surface area contributed by atoms with Crippen molar-refractivity contribution in [2.24, 2.45) is 5.92 Å². The minimum atomic E-state index is 0.129. The van der Waals surface area contributed by atoms with E-state index in [1.165, 1.54) is 0 Å². The summed E-state index contributed by atoms with van der Waals surface area (Å²) in [6, 6.07) is 10.4. The Morgan fingerprint density at radius 3 is 2.76 bits per heavy atom. The maximum Gasteiger partial charge on any atom is 0.134 e. The largest absolute Gasteiger partial charge is 0.459 e. The van der Waals surface area contributed by atoms with E-state index in [0.29, 0.717) is 12.5 Å². The number of benzene rings is 1. The highest BCUT2D eigenvalue weighted by atomic mass is 16.5. The number of hydrogen-bond donors (Lipinski definition) is 1. The molecular weight excluding hydrogens is 262 g/mol. The molecule has 1 N–H and O–H groups in total. The second kappa shape index (κ2) is 8.20. The van der Waals surface area contributed by atoms with Gasteiger partial charge in [0.1, 0.15) is 11.3 Å². The Kier molecular flexibility index (Phi) is 6.27. The first-order valence-corrected chi connectivity index (χ1v) is 8.00. The first-order valence-electron chi connectivity index (χ1n) is 8.00. The van der Waals surface area contributed by atoms with Crippen molar-refractivity contribution in [1.82, 2.24) is 5.32 Å². The predicted molar refractivity (Wildman–Crippen MR) is 87.5 cm³/mol. The lowest BCUT2D eigenvalue weighted by atomic mass is 10.1. The molecule has 3 nitrogen and oxygen atoms in total. The zero-order valence-corrected chi connectivity index (χ0v) is 13.4. The van der Waals surface area contributed by atoms with Gasteiger partial charge in [-0.3, -0.25) is 0 Å². The van der Waals surface area contributed by atoms with Gasteiger partial charge < -0.3 is 14.5 Å². The fraction of sp³-hybridized carbons (Fsp3) is 0.556. The number of ether oxygens (including phenoxy) is 1. The number of para-hydroxylation sites is 1. The molecule has 0 aliphatic heterocycles. The maximum atomic E-state index is 5.96. The monoisotopic (exact) mass is 289 g/mol. The SMILES string of the molecule is CCCNC(COCCC(C)C)c1cc2ccccc2o1. The summed E-state index contributed by atoms with van der Waals surface area (Å²) in [5.74, 6) is 1.65. The van der Waals surface area contributed by atoms with Crippen LogP contribution < -0.4 is 5.32 Å². The highest BCUT2D eigenvalue weighted by Crippen LogP contribution is 2.24. The summed E-state index contributed by atoms with van der Waals surface area (Å²) in [7, 11) is 0. The first-order chi connectivity index (χ1) is 10.2. The van der Waals surface area contributed by atoms with Crippen molar-refractivity contribution in [2.75, 3.05) is 19.8 Å². The first kappa shape index (κ1) is 16.1. The quantitative estimate of drug-likeness (QED) is 0.688. The van der Waals surface area contributed by atoms with E-state index >= 15 is 0 Å². The lowest BCUT2D eigenvalue weighted by Crippen LogP contribution is -2.26. The molecule has 2 rings (SSSR count). The van der Waals surface area contributed by atoms with Crippen LogP contribution in [0.5, 0.6) is 0 Å². The molecule has 1 aromatic heterocycles. The van der Waals surface area contributed by atoms with Crippen LogP contribution in [0.1, 0.15) is 45.4 Å². The molecule has 2 aromatic rings. The van der Waals surface area contributed by atoms with E-state index < -0.39 is 0 Å². The Labute approximate surface area is 127 Å².